The van der Waals surface area contributed by atoms with E-state index in [1.165, 1.54) is 10.9 Å². The van der Waals surface area contributed by atoms with Gasteiger partial charge in [-0.05, 0) is 0 Å². The standard InChI is InChI=1S/C17H26FN5O15P2/c18-5(1-24)13-10(27)9(26)12(29)17(36-13)37-40(32,33)38-39(30,31)34-2-6-8(25)11(28)16(35-6)23-4-22-7-14(19)20-3-21-15(7)23/h3-6,8-13,16-17,24-29H,1-2H2,(H,30,31)(H,32,33)(H2,19,20,21)/t5-,6?,8?,9?,10?,11?,12?,13?,16?,17?/m0/s1. The molecule has 0 radical (unpaired) electrons. The predicted octanol–water partition coefficient (Wildman–Crippen LogP) is -3.58. The first-order valence-corrected chi connectivity index (χ1v) is 14.2. The fraction of sp³-hybridized carbons (Fsp3) is 0.706. The van der Waals surface area contributed by atoms with Gasteiger partial charge in [0.25, 0.3) is 0 Å². The molecule has 0 amide bonds. The number of phosphoric acid groups is 2. The molecule has 0 bridgehead atoms. The van der Waals surface area contributed by atoms with Crippen molar-refractivity contribution in [3.63, 3.8) is 0 Å². The Hall–Kier alpha value is -1.78. The molecule has 11 unspecified atom stereocenters. The van der Waals surface area contributed by atoms with Crippen LogP contribution in [-0.4, -0.2) is 128 Å². The molecule has 10 N–H and O–H groups in total. The third-order valence-corrected chi connectivity index (χ3v) is 8.58. The molecule has 12 atom stereocenters. The number of aliphatic hydroxyl groups excluding tert-OH is 6. The number of fused-ring (bicyclic) bond motifs is 1. The minimum absolute atomic E-state index is 0.0240. The minimum atomic E-state index is -5.70. The average Bonchev–Trinajstić information content (AvgIpc) is 3.43. The van der Waals surface area contributed by atoms with E-state index in [4.69, 9.17) is 20.3 Å². The maximum absolute atomic E-state index is 13.8. The van der Waals surface area contributed by atoms with Gasteiger partial charge >= 0.3 is 15.6 Å². The number of anilines is 1. The van der Waals surface area contributed by atoms with E-state index in [0.717, 1.165) is 6.33 Å². The zero-order valence-electron chi connectivity index (χ0n) is 19.9. The Bertz CT molecular complexity index is 1290. The lowest BCUT2D eigenvalue weighted by molar-refractivity contribution is -0.287. The Morgan fingerprint density at radius 2 is 1.70 bits per heavy atom. The summed E-state index contributed by atoms with van der Waals surface area (Å²) in [5, 5.41) is 59.3. The quantitative estimate of drug-likeness (QED) is 0.116. The number of hydrogen-bond acceptors (Lipinski definition) is 17. The van der Waals surface area contributed by atoms with Gasteiger partial charge < -0.3 is 55.6 Å². The molecule has 2 saturated heterocycles. The van der Waals surface area contributed by atoms with Gasteiger partial charge in [-0.25, -0.2) is 28.5 Å². The zero-order valence-corrected chi connectivity index (χ0v) is 21.7. The number of imidazole rings is 1. The van der Waals surface area contributed by atoms with Gasteiger partial charge in [-0.3, -0.25) is 13.6 Å². The molecule has 0 aromatic carbocycles. The molecule has 4 heterocycles. The van der Waals surface area contributed by atoms with Crippen molar-refractivity contribution in [2.75, 3.05) is 18.9 Å². The highest BCUT2D eigenvalue weighted by Gasteiger charge is 2.51. The van der Waals surface area contributed by atoms with Crippen LogP contribution in [0.2, 0.25) is 0 Å². The molecule has 2 aromatic rings. The van der Waals surface area contributed by atoms with E-state index < -0.39 is 90.3 Å². The summed E-state index contributed by atoms with van der Waals surface area (Å²) in [5.41, 5.74) is 6.01. The molecular weight excluding hydrogens is 595 g/mol. The van der Waals surface area contributed by atoms with E-state index in [9.17, 15) is 48.8 Å². The van der Waals surface area contributed by atoms with Crippen molar-refractivity contribution in [1.82, 2.24) is 19.5 Å². The number of nitrogen functional groups attached to an aromatic ring is 1. The van der Waals surface area contributed by atoms with Crippen LogP contribution in [0.1, 0.15) is 6.23 Å². The van der Waals surface area contributed by atoms with Crippen LogP contribution in [0.4, 0.5) is 10.2 Å². The fourth-order valence-corrected chi connectivity index (χ4v) is 6.15. The summed E-state index contributed by atoms with van der Waals surface area (Å²) in [4.78, 5) is 31.6. The van der Waals surface area contributed by atoms with Crippen LogP contribution in [0.5, 0.6) is 0 Å². The monoisotopic (exact) mass is 621 g/mol. The summed E-state index contributed by atoms with van der Waals surface area (Å²) >= 11 is 0. The molecule has 0 aliphatic carbocycles. The average molecular weight is 621 g/mol. The molecule has 2 aliphatic heterocycles. The van der Waals surface area contributed by atoms with Crippen molar-refractivity contribution < 1.29 is 76.8 Å². The lowest BCUT2D eigenvalue weighted by atomic mass is 9.96. The number of nitrogens with zero attached hydrogens (tertiary/aromatic N) is 4. The highest BCUT2D eigenvalue weighted by molar-refractivity contribution is 7.61. The van der Waals surface area contributed by atoms with Crippen LogP contribution in [0.25, 0.3) is 11.2 Å². The number of ether oxygens (including phenoxy) is 2. The second-order valence-corrected chi connectivity index (χ2v) is 11.7. The Kier molecular flexibility index (Phi) is 9.22. The van der Waals surface area contributed by atoms with Crippen molar-refractivity contribution in [1.29, 1.82) is 0 Å². The van der Waals surface area contributed by atoms with Gasteiger partial charge in [-0.15, -0.1) is 0 Å². The number of rotatable bonds is 10. The summed E-state index contributed by atoms with van der Waals surface area (Å²) < 4.78 is 63.1. The number of aliphatic hydroxyl groups is 6. The molecule has 0 spiro atoms. The van der Waals surface area contributed by atoms with Crippen LogP contribution in [-0.2, 0) is 32.0 Å². The molecule has 0 saturated carbocycles. The van der Waals surface area contributed by atoms with Gasteiger partial charge in [0.05, 0.1) is 19.5 Å². The van der Waals surface area contributed by atoms with E-state index in [1.807, 2.05) is 0 Å². The van der Waals surface area contributed by atoms with E-state index in [-0.39, 0.29) is 17.0 Å². The molecule has 2 fully saturated rings. The molecule has 20 nitrogen and oxygen atoms in total. The molecule has 2 aromatic heterocycles. The molecule has 4 rings (SSSR count). The van der Waals surface area contributed by atoms with Crippen LogP contribution in [0, 0.1) is 0 Å². The van der Waals surface area contributed by atoms with E-state index in [2.05, 4.69) is 28.3 Å². The van der Waals surface area contributed by atoms with Gasteiger partial charge in [0.1, 0.15) is 54.6 Å². The zero-order chi connectivity index (χ0) is 29.6. The predicted molar refractivity (Wildman–Crippen MR) is 122 cm³/mol. The Morgan fingerprint density at radius 3 is 2.38 bits per heavy atom. The Morgan fingerprint density at radius 1 is 1.00 bits per heavy atom. The molecule has 23 heteroatoms. The first-order chi connectivity index (χ1) is 18.7. The largest absolute Gasteiger partial charge is 0.483 e. The summed E-state index contributed by atoms with van der Waals surface area (Å²) in [6.45, 7) is -2.18. The second kappa shape index (κ2) is 11.8. The number of halogens is 1. The lowest BCUT2D eigenvalue weighted by Gasteiger charge is -2.41. The van der Waals surface area contributed by atoms with Gasteiger partial charge in [-0.2, -0.15) is 4.31 Å². The van der Waals surface area contributed by atoms with Gasteiger partial charge in [-0.1, -0.05) is 0 Å². The summed E-state index contributed by atoms with van der Waals surface area (Å²) in [6.07, 6.45) is -17.1. The minimum Gasteiger partial charge on any atom is -0.393 e. The van der Waals surface area contributed by atoms with E-state index in [1.54, 1.807) is 0 Å². The second-order valence-electron chi connectivity index (χ2n) is 8.69. The molecule has 2 aliphatic rings. The van der Waals surface area contributed by atoms with E-state index in [0.29, 0.717) is 0 Å². The Labute approximate surface area is 222 Å². The van der Waals surface area contributed by atoms with Crippen molar-refractivity contribution in [2.45, 2.75) is 61.4 Å². The molecule has 226 valence electrons. The molecule has 40 heavy (non-hydrogen) atoms. The normalized spacial score (nSPS) is 36.8. The summed E-state index contributed by atoms with van der Waals surface area (Å²) in [7, 11) is -11.2. The van der Waals surface area contributed by atoms with E-state index >= 15 is 0 Å². The Balaban J connectivity index is 1.38. The number of aromatic nitrogens is 4. The van der Waals surface area contributed by atoms with Crippen molar-refractivity contribution in [3.8, 4) is 0 Å². The van der Waals surface area contributed by atoms with Gasteiger partial charge in [0.15, 0.2) is 30.2 Å². The molecular formula is C17H26FN5O15P2. The maximum Gasteiger partial charge on any atom is 0.483 e. The third-order valence-electron chi connectivity index (χ3n) is 5.98. The van der Waals surface area contributed by atoms with Crippen LogP contribution < -0.4 is 5.73 Å². The van der Waals surface area contributed by atoms with Crippen molar-refractivity contribution >= 4 is 32.6 Å². The van der Waals surface area contributed by atoms with Crippen LogP contribution in [0.3, 0.4) is 0 Å². The highest BCUT2D eigenvalue weighted by atomic mass is 31.3. The lowest BCUT2D eigenvalue weighted by Crippen LogP contribution is -2.60. The third kappa shape index (κ3) is 6.33. The topological polar surface area (TPSA) is 312 Å². The summed E-state index contributed by atoms with van der Waals surface area (Å²) in [5.74, 6) is 0.0240. The van der Waals surface area contributed by atoms with Crippen LogP contribution in [0.15, 0.2) is 12.7 Å². The highest BCUT2D eigenvalue weighted by Crippen LogP contribution is 2.61. The van der Waals surface area contributed by atoms with Gasteiger partial charge in [0, 0.05) is 0 Å². The van der Waals surface area contributed by atoms with Crippen molar-refractivity contribution in [2.24, 2.45) is 0 Å². The first kappa shape index (κ1) is 31.2. The first-order valence-electron chi connectivity index (χ1n) is 11.2. The van der Waals surface area contributed by atoms with Crippen LogP contribution >= 0.6 is 15.6 Å². The SMILES string of the molecule is Nc1ncnc2c1ncn2C1OC(COP(=O)(O)OP(=O)(O)OC2OC([C@@H](F)CO)C(O)C(O)C2O)C(O)C1O. The number of alkyl halides is 1. The smallest absolute Gasteiger partial charge is 0.393 e. The van der Waals surface area contributed by atoms with Crippen molar-refractivity contribution in [3.05, 3.63) is 12.7 Å². The fourth-order valence-electron chi connectivity index (χ4n) is 3.99. The number of phosphoric ester groups is 2. The maximum atomic E-state index is 13.8. The summed E-state index contributed by atoms with van der Waals surface area (Å²) in [6, 6.07) is 0. The number of hydrogen-bond donors (Lipinski definition) is 9. The van der Waals surface area contributed by atoms with Gasteiger partial charge in [0.2, 0.25) is 0 Å². The number of nitrogens with two attached hydrogens (primary N) is 1.